The van der Waals surface area contributed by atoms with E-state index in [1.54, 1.807) is 0 Å². The van der Waals surface area contributed by atoms with E-state index >= 15 is 0 Å². The van der Waals surface area contributed by atoms with Gasteiger partial charge >= 0.3 is 0 Å². The smallest absolute Gasteiger partial charge is 0.136 e. The molecule has 0 N–H and O–H groups in total. The van der Waals surface area contributed by atoms with Crippen LogP contribution in [0.15, 0.2) is 192 Å². The molecule has 294 valence electrons. The Morgan fingerprint density at radius 3 is 1.76 bits per heavy atom. The largest absolute Gasteiger partial charge is 0.456 e. The van der Waals surface area contributed by atoms with Crippen LogP contribution in [0.5, 0.6) is 0 Å². The molecule has 11 aromatic rings. The minimum absolute atomic E-state index is 0.144. The van der Waals surface area contributed by atoms with Crippen LogP contribution in [0.4, 0.5) is 17.1 Å². The van der Waals surface area contributed by atoms with Crippen LogP contribution in [0.1, 0.15) is 49.9 Å². The van der Waals surface area contributed by atoms with Gasteiger partial charge in [0.2, 0.25) is 0 Å². The number of benzene rings is 10. The molecule has 0 amide bonds. The molecular weight excluding hydrogens is 751 g/mol. The predicted molar refractivity (Wildman–Crippen MR) is 261 cm³/mol. The van der Waals surface area contributed by atoms with Gasteiger partial charge in [0, 0.05) is 38.2 Å². The van der Waals surface area contributed by atoms with Gasteiger partial charge in [-0.2, -0.15) is 0 Å². The summed E-state index contributed by atoms with van der Waals surface area (Å²) in [5.74, 6) is 0. The zero-order valence-electron chi connectivity index (χ0n) is 35.3. The van der Waals surface area contributed by atoms with Crippen LogP contribution in [0.3, 0.4) is 0 Å². The molecule has 2 aliphatic rings. The van der Waals surface area contributed by atoms with Crippen LogP contribution in [0.25, 0.3) is 87.6 Å². The maximum absolute atomic E-state index is 6.46. The highest BCUT2D eigenvalue weighted by Gasteiger charge is 2.40. The number of hydrogen-bond donors (Lipinski definition) is 0. The summed E-state index contributed by atoms with van der Waals surface area (Å²) >= 11 is 0. The molecular formula is C60H43NO. The zero-order valence-corrected chi connectivity index (χ0v) is 35.3. The van der Waals surface area contributed by atoms with E-state index in [9.17, 15) is 0 Å². The quantitative estimate of drug-likeness (QED) is 0.165. The van der Waals surface area contributed by atoms with Gasteiger partial charge in [-0.05, 0) is 126 Å². The van der Waals surface area contributed by atoms with Crippen molar-refractivity contribution >= 4 is 71.3 Å². The van der Waals surface area contributed by atoms with Crippen LogP contribution in [0.2, 0.25) is 0 Å². The minimum Gasteiger partial charge on any atom is -0.456 e. The fourth-order valence-electron chi connectivity index (χ4n) is 11.6. The van der Waals surface area contributed by atoms with E-state index < -0.39 is 0 Å². The van der Waals surface area contributed by atoms with Crippen LogP contribution in [-0.2, 0) is 10.8 Å². The fourth-order valence-corrected chi connectivity index (χ4v) is 11.6. The van der Waals surface area contributed by atoms with Crippen molar-refractivity contribution in [1.29, 1.82) is 0 Å². The SMILES string of the molecule is CC1(C)c2ccccc2-c2ccc(N(c3ccccc3-c3ccc4c5ccccc5c5c(ccc6oc7ccccc7c65)c4c3)c3cccc4c3C(C)(C)c3ccccc3-4)cc21. The van der Waals surface area contributed by atoms with Gasteiger partial charge in [-0.25, -0.2) is 0 Å². The number of hydrogen-bond acceptors (Lipinski definition) is 2. The summed E-state index contributed by atoms with van der Waals surface area (Å²) in [6, 6.07) is 69.9. The molecule has 1 heterocycles. The van der Waals surface area contributed by atoms with Crippen molar-refractivity contribution in [3.05, 3.63) is 210 Å². The van der Waals surface area contributed by atoms with Gasteiger partial charge in [0.25, 0.3) is 0 Å². The van der Waals surface area contributed by atoms with Crippen molar-refractivity contribution in [2.24, 2.45) is 0 Å². The summed E-state index contributed by atoms with van der Waals surface area (Å²) in [7, 11) is 0. The summed E-state index contributed by atoms with van der Waals surface area (Å²) in [4.78, 5) is 2.56. The molecule has 13 rings (SSSR count). The number of anilines is 3. The molecule has 62 heavy (non-hydrogen) atoms. The first-order valence-corrected chi connectivity index (χ1v) is 21.8. The maximum Gasteiger partial charge on any atom is 0.136 e. The third-order valence-corrected chi connectivity index (χ3v) is 14.4. The summed E-state index contributed by atoms with van der Waals surface area (Å²) in [5, 5.41) is 9.78. The van der Waals surface area contributed by atoms with Crippen LogP contribution in [-0.4, -0.2) is 0 Å². The van der Waals surface area contributed by atoms with Gasteiger partial charge in [-0.1, -0.05) is 167 Å². The Morgan fingerprint density at radius 2 is 0.935 bits per heavy atom. The van der Waals surface area contributed by atoms with Crippen molar-refractivity contribution in [3.8, 4) is 33.4 Å². The summed E-state index contributed by atoms with van der Waals surface area (Å²) in [6.07, 6.45) is 0. The molecule has 2 aliphatic carbocycles. The molecule has 0 radical (unpaired) electrons. The van der Waals surface area contributed by atoms with Gasteiger partial charge in [-0.3, -0.25) is 0 Å². The molecule has 2 nitrogen and oxygen atoms in total. The van der Waals surface area contributed by atoms with Gasteiger partial charge in [-0.15, -0.1) is 0 Å². The molecule has 0 bridgehead atoms. The molecule has 0 saturated heterocycles. The average molecular weight is 794 g/mol. The van der Waals surface area contributed by atoms with Gasteiger partial charge in [0.15, 0.2) is 0 Å². The Morgan fingerprint density at radius 1 is 0.355 bits per heavy atom. The normalized spacial score (nSPS) is 14.4. The van der Waals surface area contributed by atoms with E-state index in [1.165, 1.54) is 99.0 Å². The minimum atomic E-state index is -0.215. The molecule has 0 fully saturated rings. The maximum atomic E-state index is 6.46. The molecule has 1 aromatic heterocycles. The van der Waals surface area contributed by atoms with E-state index in [0.29, 0.717) is 0 Å². The molecule has 0 unspecified atom stereocenters. The number of furan rings is 1. The summed E-state index contributed by atoms with van der Waals surface area (Å²) in [6.45, 7) is 9.55. The second-order valence-electron chi connectivity index (χ2n) is 18.4. The zero-order chi connectivity index (χ0) is 41.5. The second-order valence-corrected chi connectivity index (χ2v) is 18.4. The first kappa shape index (κ1) is 35.3. The van der Waals surface area contributed by atoms with E-state index in [2.05, 4.69) is 221 Å². The molecule has 0 atom stereocenters. The van der Waals surface area contributed by atoms with Crippen molar-refractivity contribution in [1.82, 2.24) is 0 Å². The lowest BCUT2D eigenvalue weighted by atomic mass is 9.80. The Labute approximate surface area is 361 Å². The first-order chi connectivity index (χ1) is 30.3. The van der Waals surface area contributed by atoms with E-state index in [0.717, 1.165) is 27.9 Å². The first-order valence-electron chi connectivity index (χ1n) is 21.8. The molecule has 10 aromatic carbocycles. The van der Waals surface area contributed by atoms with Crippen LogP contribution >= 0.6 is 0 Å². The highest BCUT2D eigenvalue weighted by Crippen LogP contribution is 2.57. The number of rotatable bonds is 4. The second kappa shape index (κ2) is 12.6. The van der Waals surface area contributed by atoms with Gasteiger partial charge < -0.3 is 9.32 Å². The Kier molecular flexibility index (Phi) is 7.16. The summed E-state index contributed by atoms with van der Waals surface area (Å²) < 4.78 is 6.46. The number of fused-ring (bicyclic) bond motifs is 16. The van der Waals surface area contributed by atoms with Crippen molar-refractivity contribution in [2.45, 2.75) is 38.5 Å². The predicted octanol–water partition coefficient (Wildman–Crippen LogP) is 16.8. The lowest BCUT2D eigenvalue weighted by Crippen LogP contribution is -2.21. The third kappa shape index (κ3) is 4.70. The highest BCUT2D eigenvalue weighted by molar-refractivity contribution is 6.34. The number of nitrogens with zero attached hydrogens (tertiary/aromatic N) is 1. The van der Waals surface area contributed by atoms with Crippen LogP contribution < -0.4 is 4.90 Å². The Hall–Kier alpha value is -7.42. The topological polar surface area (TPSA) is 16.4 Å². The highest BCUT2D eigenvalue weighted by atomic mass is 16.3. The fraction of sp³-hybridized carbons (Fsp3) is 0.100. The Bertz CT molecular complexity index is 3710. The monoisotopic (exact) mass is 793 g/mol. The standard InChI is InChI=1S/C60H43NO/c1-59(2)49-23-11-7-18-41(49)43-31-29-37(35-51(43)59)61(53-26-15-22-46-42-19-8-12-24-50(42)60(3,4)58(46)53)52-25-13-9-16-38(52)36-28-30-40-39-17-5-6-20-44(39)56-45(48(40)34-36)32-33-55-57(56)47-21-10-14-27-54(47)62-55/h5-35H,1-4H3. The van der Waals surface area contributed by atoms with Crippen molar-refractivity contribution in [2.75, 3.05) is 4.90 Å². The lowest BCUT2D eigenvalue weighted by molar-refractivity contribution is 0.658. The molecule has 0 saturated carbocycles. The van der Waals surface area contributed by atoms with E-state index in [-0.39, 0.29) is 10.8 Å². The van der Waals surface area contributed by atoms with E-state index in [1.807, 2.05) is 0 Å². The third-order valence-electron chi connectivity index (χ3n) is 14.4. The van der Waals surface area contributed by atoms with Gasteiger partial charge in [0.05, 0.1) is 11.4 Å². The lowest BCUT2D eigenvalue weighted by Gasteiger charge is -2.34. The van der Waals surface area contributed by atoms with Crippen molar-refractivity contribution in [3.63, 3.8) is 0 Å². The van der Waals surface area contributed by atoms with Gasteiger partial charge in [0.1, 0.15) is 11.2 Å². The molecule has 2 heteroatoms. The molecule has 0 spiro atoms. The Balaban J connectivity index is 1.08. The number of para-hydroxylation sites is 2. The van der Waals surface area contributed by atoms with Crippen molar-refractivity contribution < 1.29 is 4.42 Å². The molecule has 0 aliphatic heterocycles. The van der Waals surface area contributed by atoms with Crippen LogP contribution in [0, 0.1) is 0 Å². The summed E-state index contributed by atoms with van der Waals surface area (Å²) in [5.41, 5.74) is 18.1. The van der Waals surface area contributed by atoms with E-state index in [4.69, 9.17) is 4.42 Å². The average Bonchev–Trinajstić information content (AvgIpc) is 3.89.